The van der Waals surface area contributed by atoms with Gasteiger partial charge in [-0.25, -0.2) is 4.98 Å². The molecule has 5 rings (SSSR count). The summed E-state index contributed by atoms with van der Waals surface area (Å²) in [4.78, 5) is 36.3. The Labute approximate surface area is 214 Å². The molecule has 1 saturated heterocycles. The second-order valence-electron chi connectivity index (χ2n) is 7.77. The number of amides is 1. The zero-order chi connectivity index (χ0) is 21.9. The molecular weight excluding hydrogens is 459 g/mol. The number of carbonyl (C=O) groups is 2. The van der Waals surface area contributed by atoms with Gasteiger partial charge in [-0.15, -0.1) is 11.3 Å². The molecular formula is C21H19N4NaO4S2. The van der Waals surface area contributed by atoms with Crippen molar-refractivity contribution in [3.8, 4) is 0 Å². The molecule has 160 valence electrons. The molecule has 0 unspecified atom stereocenters. The van der Waals surface area contributed by atoms with E-state index in [2.05, 4.69) is 9.97 Å². The summed E-state index contributed by atoms with van der Waals surface area (Å²) in [6.07, 6.45) is 4.47. The maximum absolute atomic E-state index is 12.5. The van der Waals surface area contributed by atoms with Gasteiger partial charge in [-0.05, 0) is 19.1 Å². The van der Waals surface area contributed by atoms with Crippen LogP contribution in [0.2, 0.25) is 0 Å². The van der Waals surface area contributed by atoms with Crippen molar-refractivity contribution in [2.75, 3.05) is 0 Å². The maximum atomic E-state index is 12.5. The van der Waals surface area contributed by atoms with E-state index in [0.717, 1.165) is 20.4 Å². The maximum Gasteiger partial charge on any atom is 1.00 e. The molecule has 8 nitrogen and oxygen atoms in total. The van der Waals surface area contributed by atoms with E-state index >= 15 is 0 Å². The van der Waals surface area contributed by atoms with Gasteiger partial charge in [0.15, 0.2) is 0 Å². The molecule has 2 aliphatic heterocycles. The van der Waals surface area contributed by atoms with E-state index in [1.807, 2.05) is 35.7 Å². The van der Waals surface area contributed by atoms with Gasteiger partial charge in [0.25, 0.3) is 0 Å². The Morgan fingerprint density at radius 3 is 2.81 bits per heavy atom. The molecule has 2 aliphatic rings. The van der Waals surface area contributed by atoms with E-state index in [9.17, 15) is 19.8 Å². The molecule has 0 spiro atoms. The standard InChI is InChI=1S/C21H20N4O4S2.Na/c1-10-14(17(21(28)29)25-16(10)15(11(2)26)19(25)27)13-7-24-9-23-18(20(24)31-13)30-8-12-5-3-4-6-22-12;/h3-7,9-11,15-16,26H,8H2,1-2H3,(H,28,29);/q;+1/p-1/t10-,11+,15+,16+;/m0./s1. The number of hydrogen-bond donors (Lipinski definition) is 1. The number of pyridine rings is 1. The van der Waals surface area contributed by atoms with E-state index in [4.69, 9.17) is 0 Å². The second kappa shape index (κ2) is 8.92. The summed E-state index contributed by atoms with van der Waals surface area (Å²) in [6, 6.07) is 5.40. The Kier molecular flexibility index (Phi) is 6.54. The minimum Gasteiger partial charge on any atom is -0.543 e. The van der Waals surface area contributed by atoms with Crippen LogP contribution in [0.25, 0.3) is 10.4 Å². The number of carboxylic acids is 1. The molecule has 1 amide bonds. The van der Waals surface area contributed by atoms with Crippen LogP contribution in [0.15, 0.2) is 47.6 Å². The van der Waals surface area contributed by atoms with E-state index in [1.54, 1.807) is 31.2 Å². The summed E-state index contributed by atoms with van der Waals surface area (Å²) in [5.74, 6) is -1.89. The number of aliphatic carboxylic acids is 1. The van der Waals surface area contributed by atoms with Gasteiger partial charge >= 0.3 is 29.6 Å². The van der Waals surface area contributed by atoms with Crippen molar-refractivity contribution >= 4 is 45.4 Å². The minimum absolute atomic E-state index is 0. The zero-order valence-electron chi connectivity index (χ0n) is 17.8. The van der Waals surface area contributed by atoms with Crippen molar-refractivity contribution < 1.29 is 49.4 Å². The fourth-order valence-corrected chi connectivity index (χ4v) is 6.73. The Morgan fingerprint density at radius 1 is 1.38 bits per heavy atom. The number of hydrogen-bond acceptors (Lipinski definition) is 8. The molecule has 0 saturated carbocycles. The smallest absolute Gasteiger partial charge is 0.543 e. The van der Waals surface area contributed by atoms with E-state index in [-0.39, 0.29) is 53.1 Å². The van der Waals surface area contributed by atoms with Crippen LogP contribution < -0.4 is 34.7 Å². The van der Waals surface area contributed by atoms with Gasteiger partial charge in [0.2, 0.25) is 5.91 Å². The normalized spacial score (nSPS) is 23.2. The first-order chi connectivity index (χ1) is 14.9. The Bertz CT molecular complexity index is 1220. The van der Waals surface area contributed by atoms with Crippen molar-refractivity contribution in [1.82, 2.24) is 19.3 Å². The van der Waals surface area contributed by atoms with Crippen LogP contribution in [0.5, 0.6) is 0 Å². The number of thioether (sulfide) groups is 1. The van der Waals surface area contributed by atoms with E-state index in [1.165, 1.54) is 16.2 Å². The van der Waals surface area contributed by atoms with Crippen LogP contribution >= 0.6 is 23.1 Å². The van der Waals surface area contributed by atoms with Gasteiger partial charge in [0, 0.05) is 29.6 Å². The van der Waals surface area contributed by atoms with Crippen LogP contribution in [-0.4, -0.2) is 48.4 Å². The SMILES string of the molecule is C[C@@H](O)[C@H]1C(=O)N2C(C(=O)[O-])=C(c3cn4cnc(SCc5ccccn5)c4s3)[C@H](C)[C@H]12.[Na+]. The molecule has 0 aliphatic carbocycles. The zero-order valence-corrected chi connectivity index (χ0v) is 21.4. The van der Waals surface area contributed by atoms with Crippen LogP contribution in [0.4, 0.5) is 0 Å². The number of carbonyl (C=O) groups excluding carboxylic acids is 2. The van der Waals surface area contributed by atoms with Crippen LogP contribution in [0.1, 0.15) is 24.4 Å². The van der Waals surface area contributed by atoms with Crippen LogP contribution in [0.3, 0.4) is 0 Å². The van der Waals surface area contributed by atoms with Crippen LogP contribution in [0, 0.1) is 11.8 Å². The Morgan fingerprint density at radius 2 is 2.16 bits per heavy atom. The number of thiazole rings is 1. The average Bonchev–Trinajstić information content (AvgIpc) is 3.37. The number of aliphatic hydroxyl groups is 1. The third-order valence-electron chi connectivity index (χ3n) is 5.89. The number of rotatable bonds is 6. The molecule has 11 heteroatoms. The fourth-order valence-electron chi connectivity index (χ4n) is 4.51. The average molecular weight is 479 g/mol. The Hall–Kier alpha value is -1.69. The third-order valence-corrected chi connectivity index (χ3v) is 8.18. The summed E-state index contributed by atoms with van der Waals surface area (Å²) < 4.78 is 1.87. The summed E-state index contributed by atoms with van der Waals surface area (Å²) >= 11 is 3.01. The van der Waals surface area contributed by atoms with Gasteiger partial charge in [0.05, 0.1) is 40.3 Å². The van der Waals surface area contributed by atoms with Crippen molar-refractivity contribution in [2.45, 2.75) is 36.8 Å². The molecule has 32 heavy (non-hydrogen) atoms. The molecule has 5 heterocycles. The van der Waals surface area contributed by atoms with Gasteiger partial charge in [-0.3, -0.25) is 14.2 Å². The van der Waals surface area contributed by atoms with Gasteiger partial charge < -0.3 is 19.9 Å². The molecule has 1 fully saturated rings. The van der Waals surface area contributed by atoms with Crippen molar-refractivity contribution in [3.63, 3.8) is 0 Å². The molecule has 0 bridgehead atoms. The van der Waals surface area contributed by atoms with Gasteiger partial charge in [0.1, 0.15) is 16.2 Å². The first-order valence-corrected chi connectivity index (χ1v) is 11.6. The molecule has 0 radical (unpaired) electrons. The number of imidazole rings is 1. The molecule has 1 N–H and O–H groups in total. The predicted molar refractivity (Wildman–Crippen MR) is 114 cm³/mol. The molecule has 0 aromatic carbocycles. The summed E-state index contributed by atoms with van der Waals surface area (Å²) in [5, 5.41) is 22.8. The van der Waals surface area contributed by atoms with Crippen LogP contribution in [-0.2, 0) is 15.3 Å². The molecule has 4 atom stereocenters. The summed E-state index contributed by atoms with van der Waals surface area (Å²) in [6.45, 7) is 3.46. The fraction of sp³-hybridized carbons (Fsp3) is 0.333. The van der Waals surface area contributed by atoms with E-state index < -0.39 is 18.0 Å². The number of aliphatic hydroxyl groups excluding tert-OH is 1. The predicted octanol–water partition coefficient (Wildman–Crippen LogP) is -1.59. The van der Waals surface area contributed by atoms with E-state index in [0.29, 0.717) is 11.3 Å². The summed E-state index contributed by atoms with van der Waals surface area (Å²) in [5.41, 5.74) is 1.44. The third kappa shape index (κ3) is 3.63. The van der Waals surface area contributed by atoms with Crippen molar-refractivity contribution in [2.24, 2.45) is 11.8 Å². The van der Waals surface area contributed by atoms with Crippen molar-refractivity contribution in [3.05, 3.63) is 53.2 Å². The van der Waals surface area contributed by atoms with Gasteiger partial charge in [-0.1, -0.05) is 24.8 Å². The minimum atomic E-state index is -1.37. The van der Waals surface area contributed by atoms with Gasteiger partial charge in [-0.2, -0.15) is 0 Å². The monoisotopic (exact) mass is 478 g/mol. The number of β-lactam (4-membered cyclic amide) rings is 1. The topological polar surface area (TPSA) is 111 Å². The number of carboxylic acid groups (broad SMARTS) is 1. The summed E-state index contributed by atoms with van der Waals surface area (Å²) in [7, 11) is 0. The quantitative estimate of drug-likeness (QED) is 0.258. The Balaban J connectivity index is 0.00000245. The second-order valence-corrected chi connectivity index (χ2v) is 9.77. The number of nitrogens with zero attached hydrogens (tertiary/aromatic N) is 4. The largest absolute Gasteiger partial charge is 1.00 e. The molecule has 3 aromatic rings. The number of fused-ring (bicyclic) bond motifs is 2. The first-order valence-electron chi connectivity index (χ1n) is 9.84. The van der Waals surface area contributed by atoms with Crippen molar-refractivity contribution in [1.29, 1.82) is 0 Å². The molecule has 3 aromatic heterocycles. The number of aromatic nitrogens is 3. The first kappa shape index (κ1) is 23.5.